The first-order valence-corrected chi connectivity index (χ1v) is 5.90. The lowest BCUT2D eigenvalue weighted by atomic mass is 10.1. The predicted octanol–water partition coefficient (Wildman–Crippen LogP) is 2.18. The molecule has 84 valence electrons. The summed E-state index contributed by atoms with van der Waals surface area (Å²) in [7, 11) is 0. The van der Waals surface area contributed by atoms with Gasteiger partial charge in [-0.2, -0.15) is 5.21 Å². The highest BCUT2D eigenvalue weighted by Gasteiger charge is 2.12. The van der Waals surface area contributed by atoms with Crippen molar-refractivity contribution in [1.82, 2.24) is 20.6 Å². The van der Waals surface area contributed by atoms with E-state index in [-0.39, 0.29) is 0 Å². The van der Waals surface area contributed by atoms with Crippen LogP contribution in [-0.2, 0) is 0 Å². The van der Waals surface area contributed by atoms with E-state index in [9.17, 15) is 0 Å². The number of anilines is 1. The fourth-order valence-corrected chi connectivity index (χ4v) is 2.48. The second kappa shape index (κ2) is 3.99. The topological polar surface area (TPSA) is 80.5 Å². The van der Waals surface area contributed by atoms with Crippen LogP contribution in [0.4, 0.5) is 5.69 Å². The molecule has 3 N–H and O–H groups in total. The Hall–Kier alpha value is -2.21. The Morgan fingerprint density at radius 3 is 2.65 bits per heavy atom. The second-order valence-corrected chi connectivity index (χ2v) is 4.44. The molecule has 0 unspecified atom stereocenters. The fourth-order valence-electron chi connectivity index (χ4n) is 1.63. The number of thiophene rings is 1. The molecule has 3 aromatic rings. The zero-order valence-corrected chi connectivity index (χ0v) is 9.61. The minimum Gasteiger partial charge on any atom is -0.399 e. The van der Waals surface area contributed by atoms with Crippen LogP contribution in [0.1, 0.15) is 0 Å². The molecule has 0 radical (unpaired) electrons. The second-order valence-electron chi connectivity index (χ2n) is 3.52. The molecule has 0 aliphatic rings. The van der Waals surface area contributed by atoms with E-state index in [2.05, 4.69) is 20.6 Å². The highest BCUT2D eigenvalue weighted by Crippen LogP contribution is 2.34. The Morgan fingerprint density at radius 1 is 1.12 bits per heavy atom. The van der Waals surface area contributed by atoms with Gasteiger partial charge in [0, 0.05) is 11.3 Å². The molecule has 0 fully saturated rings. The number of nitrogens with zero attached hydrogens (tertiary/aromatic N) is 3. The Kier molecular flexibility index (Phi) is 2.34. The summed E-state index contributed by atoms with van der Waals surface area (Å²) in [6.07, 6.45) is 0. The van der Waals surface area contributed by atoms with Gasteiger partial charge >= 0.3 is 0 Å². The lowest BCUT2D eigenvalue weighted by Gasteiger charge is -2.01. The summed E-state index contributed by atoms with van der Waals surface area (Å²) in [5.41, 5.74) is 8.62. The zero-order valence-electron chi connectivity index (χ0n) is 8.79. The highest BCUT2D eigenvalue weighted by atomic mass is 32.1. The SMILES string of the molecule is Nc1ccc(-c2ccsc2-c2nn[nH]n2)cc1. The number of benzene rings is 1. The van der Waals surface area contributed by atoms with Crippen LogP contribution in [0.5, 0.6) is 0 Å². The maximum atomic E-state index is 5.68. The molecular weight excluding hydrogens is 234 g/mol. The largest absolute Gasteiger partial charge is 0.399 e. The van der Waals surface area contributed by atoms with E-state index < -0.39 is 0 Å². The summed E-state index contributed by atoms with van der Waals surface area (Å²) < 4.78 is 0. The maximum absolute atomic E-state index is 5.68. The van der Waals surface area contributed by atoms with Crippen LogP contribution in [-0.4, -0.2) is 20.6 Å². The van der Waals surface area contributed by atoms with Crippen molar-refractivity contribution in [1.29, 1.82) is 0 Å². The molecule has 6 heteroatoms. The number of tetrazole rings is 1. The van der Waals surface area contributed by atoms with Crippen LogP contribution < -0.4 is 5.73 Å². The van der Waals surface area contributed by atoms with Crippen LogP contribution in [0.15, 0.2) is 35.7 Å². The molecule has 3 rings (SSSR count). The Bertz CT molecular complexity index is 612. The minimum absolute atomic E-state index is 0.617. The molecule has 2 aromatic heterocycles. The van der Waals surface area contributed by atoms with Crippen molar-refractivity contribution in [2.24, 2.45) is 0 Å². The summed E-state index contributed by atoms with van der Waals surface area (Å²) in [5, 5.41) is 16.1. The number of nitrogens with one attached hydrogen (secondary N) is 1. The van der Waals surface area contributed by atoms with Crippen molar-refractivity contribution >= 4 is 17.0 Å². The molecule has 0 aliphatic heterocycles. The van der Waals surface area contributed by atoms with Crippen LogP contribution >= 0.6 is 11.3 Å². The molecule has 0 amide bonds. The van der Waals surface area contributed by atoms with Gasteiger partial charge in [-0.15, -0.1) is 21.5 Å². The number of rotatable bonds is 2. The van der Waals surface area contributed by atoms with Crippen molar-refractivity contribution in [3.05, 3.63) is 35.7 Å². The Balaban J connectivity index is 2.10. The summed E-state index contributed by atoms with van der Waals surface area (Å²) in [5.74, 6) is 0.617. The number of aromatic nitrogens is 4. The van der Waals surface area contributed by atoms with Crippen molar-refractivity contribution < 1.29 is 0 Å². The number of hydrogen-bond acceptors (Lipinski definition) is 5. The number of nitrogen functional groups attached to an aromatic ring is 1. The molecule has 0 aliphatic carbocycles. The van der Waals surface area contributed by atoms with Gasteiger partial charge in [0.15, 0.2) is 0 Å². The van der Waals surface area contributed by atoms with Crippen LogP contribution in [0, 0.1) is 0 Å². The average molecular weight is 243 g/mol. The van der Waals surface area contributed by atoms with Gasteiger partial charge in [0.25, 0.3) is 0 Å². The Labute approximate surface area is 101 Å². The molecular formula is C11H9N5S. The van der Waals surface area contributed by atoms with E-state index in [0.29, 0.717) is 5.82 Å². The van der Waals surface area contributed by atoms with E-state index in [0.717, 1.165) is 21.7 Å². The van der Waals surface area contributed by atoms with Gasteiger partial charge in [-0.1, -0.05) is 12.1 Å². The van der Waals surface area contributed by atoms with Crippen molar-refractivity contribution in [3.63, 3.8) is 0 Å². The normalized spacial score (nSPS) is 10.6. The first-order chi connectivity index (χ1) is 8.34. The van der Waals surface area contributed by atoms with E-state index in [1.807, 2.05) is 35.7 Å². The monoisotopic (exact) mass is 243 g/mol. The van der Waals surface area contributed by atoms with Crippen molar-refractivity contribution in [3.8, 4) is 21.8 Å². The molecule has 0 atom stereocenters. The first-order valence-electron chi connectivity index (χ1n) is 5.02. The third kappa shape index (κ3) is 1.78. The van der Waals surface area contributed by atoms with E-state index in [1.165, 1.54) is 0 Å². The summed E-state index contributed by atoms with van der Waals surface area (Å²) in [6.45, 7) is 0. The quantitative estimate of drug-likeness (QED) is 0.676. The molecule has 2 heterocycles. The van der Waals surface area contributed by atoms with Gasteiger partial charge < -0.3 is 5.73 Å². The van der Waals surface area contributed by atoms with E-state index >= 15 is 0 Å². The number of H-pyrrole nitrogens is 1. The van der Waals surface area contributed by atoms with E-state index in [1.54, 1.807) is 11.3 Å². The summed E-state index contributed by atoms with van der Waals surface area (Å²) in [6, 6.07) is 9.78. The molecule has 17 heavy (non-hydrogen) atoms. The van der Waals surface area contributed by atoms with E-state index in [4.69, 9.17) is 5.73 Å². The molecule has 5 nitrogen and oxygen atoms in total. The first kappa shape index (κ1) is 9.98. The third-order valence-electron chi connectivity index (χ3n) is 2.44. The smallest absolute Gasteiger partial charge is 0.215 e. The zero-order chi connectivity index (χ0) is 11.7. The number of aromatic amines is 1. The molecule has 0 bridgehead atoms. The van der Waals surface area contributed by atoms with Gasteiger partial charge in [0.2, 0.25) is 5.82 Å². The van der Waals surface area contributed by atoms with Gasteiger partial charge in [0.1, 0.15) is 0 Å². The summed E-state index contributed by atoms with van der Waals surface area (Å²) in [4.78, 5) is 1.00. The van der Waals surface area contributed by atoms with Gasteiger partial charge in [-0.05, 0) is 34.4 Å². The molecule has 0 spiro atoms. The third-order valence-corrected chi connectivity index (χ3v) is 3.35. The Morgan fingerprint density at radius 2 is 1.94 bits per heavy atom. The predicted molar refractivity (Wildman–Crippen MR) is 67.3 cm³/mol. The molecule has 1 aromatic carbocycles. The lowest BCUT2D eigenvalue weighted by Crippen LogP contribution is -1.85. The fraction of sp³-hybridized carbons (Fsp3) is 0. The highest BCUT2D eigenvalue weighted by molar-refractivity contribution is 7.14. The van der Waals surface area contributed by atoms with Crippen LogP contribution in [0.2, 0.25) is 0 Å². The standard InChI is InChI=1S/C11H9N5S/c12-8-3-1-7(2-4-8)9-5-6-17-10(9)11-13-15-16-14-11/h1-6H,12H2,(H,13,14,15,16). The van der Waals surface area contributed by atoms with Crippen LogP contribution in [0.3, 0.4) is 0 Å². The average Bonchev–Trinajstić information content (AvgIpc) is 3.00. The molecule has 0 saturated heterocycles. The van der Waals surface area contributed by atoms with Gasteiger partial charge in [-0.25, -0.2) is 0 Å². The van der Waals surface area contributed by atoms with Crippen molar-refractivity contribution in [2.45, 2.75) is 0 Å². The number of hydrogen-bond donors (Lipinski definition) is 2. The minimum atomic E-state index is 0.617. The lowest BCUT2D eigenvalue weighted by molar-refractivity contribution is 0.881. The summed E-state index contributed by atoms with van der Waals surface area (Å²) >= 11 is 1.59. The van der Waals surface area contributed by atoms with Crippen LogP contribution in [0.25, 0.3) is 21.8 Å². The van der Waals surface area contributed by atoms with Gasteiger partial charge in [0.05, 0.1) is 4.88 Å². The number of nitrogens with two attached hydrogens (primary N) is 1. The molecule has 0 saturated carbocycles. The van der Waals surface area contributed by atoms with Crippen molar-refractivity contribution in [2.75, 3.05) is 5.73 Å². The van der Waals surface area contributed by atoms with Gasteiger partial charge in [-0.3, -0.25) is 0 Å². The maximum Gasteiger partial charge on any atom is 0.215 e.